The molecule has 2 heterocycles. The van der Waals surface area contributed by atoms with Gasteiger partial charge < -0.3 is 0 Å². The number of nitrogens with one attached hydrogen (secondary N) is 1. The Morgan fingerprint density at radius 2 is 1.69 bits per heavy atom. The van der Waals surface area contributed by atoms with E-state index in [2.05, 4.69) is 27.8 Å². The molecule has 10 heteroatoms. The maximum Gasteiger partial charge on any atom is 0.243 e. The third-order valence-electron chi connectivity index (χ3n) is 6.22. The minimum atomic E-state index is -3.75. The first-order valence-electron chi connectivity index (χ1n) is 10.6. The molecule has 1 N–H and O–H groups in total. The molecule has 2 atom stereocenters. The molecule has 0 saturated carbocycles. The molecule has 2 aliphatic rings. The summed E-state index contributed by atoms with van der Waals surface area (Å²) in [5, 5.41) is 0. The third-order valence-corrected chi connectivity index (χ3v) is 8.92. The first-order chi connectivity index (χ1) is 14.8. The van der Waals surface area contributed by atoms with Crippen molar-refractivity contribution >= 4 is 32.5 Å². The van der Waals surface area contributed by atoms with Crippen molar-refractivity contribution in [1.29, 1.82) is 0 Å². The first-order valence-corrected chi connectivity index (χ1v) is 13.9. The van der Waals surface area contributed by atoms with Gasteiger partial charge in [0.2, 0.25) is 20.0 Å². The van der Waals surface area contributed by atoms with E-state index in [0.29, 0.717) is 6.42 Å². The molecule has 2 aromatic rings. The van der Waals surface area contributed by atoms with Crippen LogP contribution >= 0.6 is 12.4 Å². The zero-order valence-corrected chi connectivity index (χ0v) is 20.5. The summed E-state index contributed by atoms with van der Waals surface area (Å²) in [5.41, 5.74) is 2.62. The monoisotopic (exact) mass is 499 g/mol. The summed E-state index contributed by atoms with van der Waals surface area (Å²) in [7, 11) is -7.15. The normalized spacial score (nSPS) is 21.4. The molecule has 0 spiro atoms. The zero-order chi connectivity index (χ0) is 22.1. The van der Waals surface area contributed by atoms with Crippen molar-refractivity contribution in [1.82, 2.24) is 13.9 Å². The molecule has 1 fully saturated rings. The van der Waals surface area contributed by atoms with Gasteiger partial charge in [0.1, 0.15) is 0 Å². The number of halogens is 1. The number of hydrogen-bond donors (Lipinski definition) is 1. The van der Waals surface area contributed by atoms with Crippen LogP contribution in [0.5, 0.6) is 0 Å². The van der Waals surface area contributed by atoms with Crippen LogP contribution in [0.2, 0.25) is 0 Å². The lowest BCUT2D eigenvalue weighted by molar-refractivity contribution is 0.0911. The van der Waals surface area contributed by atoms with Gasteiger partial charge in [0.25, 0.3) is 0 Å². The quantitative estimate of drug-likeness (QED) is 0.632. The van der Waals surface area contributed by atoms with Gasteiger partial charge in [0, 0.05) is 38.3 Å². The lowest BCUT2D eigenvalue weighted by atomic mass is 9.85. The summed E-state index contributed by atoms with van der Waals surface area (Å²) in [4.78, 5) is 2.68. The summed E-state index contributed by atoms with van der Waals surface area (Å²) in [6.07, 6.45) is 3.52. The molecule has 2 aliphatic heterocycles. The minimum Gasteiger partial charge on any atom is -0.296 e. The fraction of sp³-hybridized carbons (Fsp3) is 0.455. The Kier molecular flexibility index (Phi) is 8.01. The average Bonchev–Trinajstić information content (AvgIpc) is 2.76. The third kappa shape index (κ3) is 5.52. The second-order valence-corrected chi connectivity index (χ2v) is 12.0. The fourth-order valence-corrected chi connectivity index (χ4v) is 6.92. The Morgan fingerprint density at radius 3 is 2.41 bits per heavy atom. The van der Waals surface area contributed by atoms with Crippen LogP contribution in [0.4, 0.5) is 0 Å². The van der Waals surface area contributed by atoms with E-state index in [9.17, 15) is 16.8 Å². The van der Waals surface area contributed by atoms with E-state index in [0.717, 1.165) is 32.2 Å². The zero-order valence-electron chi connectivity index (χ0n) is 18.1. The van der Waals surface area contributed by atoms with Crippen molar-refractivity contribution in [2.45, 2.75) is 36.2 Å². The number of nitrogens with zero attached hydrogens (tertiary/aromatic N) is 2. The van der Waals surface area contributed by atoms with Gasteiger partial charge in [0.15, 0.2) is 0 Å². The van der Waals surface area contributed by atoms with Crippen molar-refractivity contribution < 1.29 is 16.8 Å². The number of benzene rings is 2. The lowest BCUT2D eigenvalue weighted by Crippen LogP contribution is -2.51. The molecule has 0 bridgehead atoms. The second-order valence-electron chi connectivity index (χ2n) is 8.27. The van der Waals surface area contributed by atoms with Crippen molar-refractivity contribution in [2.24, 2.45) is 0 Å². The van der Waals surface area contributed by atoms with E-state index in [4.69, 9.17) is 0 Å². The van der Waals surface area contributed by atoms with Crippen LogP contribution in [0.15, 0.2) is 59.5 Å². The van der Waals surface area contributed by atoms with Crippen LogP contribution in [-0.4, -0.2) is 64.5 Å². The largest absolute Gasteiger partial charge is 0.296 e. The van der Waals surface area contributed by atoms with Crippen LogP contribution in [0, 0.1) is 0 Å². The van der Waals surface area contributed by atoms with Gasteiger partial charge in [-0.15, -0.1) is 12.4 Å². The Balaban J connectivity index is 0.00000289. The molecular formula is C22H30ClN3O4S2. The van der Waals surface area contributed by atoms with Crippen molar-refractivity contribution in [3.8, 4) is 0 Å². The van der Waals surface area contributed by atoms with Gasteiger partial charge in [-0.2, -0.15) is 4.31 Å². The van der Waals surface area contributed by atoms with E-state index in [1.165, 1.54) is 15.4 Å². The topological polar surface area (TPSA) is 86.8 Å². The summed E-state index contributed by atoms with van der Waals surface area (Å²) in [6, 6.07) is 16.8. The second kappa shape index (κ2) is 10.2. The van der Waals surface area contributed by atoms with Gasteiger partial charge in [-0.05, 0) is 42.5 Å². The molecule has 0 aromatic heterocycles. The lowest BCUT2D eigenvalue weighted by Gasteiger charge is -2.46. The van der Waals surface area contributed by atoms with Crippen LogP contribution in [-0.2, 0) is 26.5 Å². The molecule has 0 aliphatic carbocycles. The fourth-order valence-electron chi connectivity index (χ4n) is 4.77. The summed E-state index contributed by atoms with van der Waals surface area (Å²) in [6.45, 7) is 1.95. The molecule has 0 amide bonds. The average molecular weight is 500 g/mol. The van der Waals surface area contributed by atoms with Crippen LogP contribution in [0.3, 0.4) is 0 Å². The molecule has 1 saturated heterocycles. The maximum absolute atomic E-state index is 13.5. The number of rotatable bonds is 7. The van der Waals surface area contributed by atoms with E-state index in [1.54, 1.807) is 30.3 Å². The predicted octanol–water partition coefficient (Wildman–Crippen LogP) is 2.41. The predicted molar refractivity (Wildman–Crippen MR) is 128 cm³/mol. The van der Waals surface area contributed by atoms with Gasteiger partial charge in [-0.3, -0.25) is 4.90 Å². The summed E-state index contributed by atoms with van der Waals surface area (Å²) >= 11 is 0. The molecular weight excluding hydrogens is 470 g/mol. The highest BCUT2D eigenvalue weighted by atomic mass is 35.5. The molecule has 7 nitrogen and oxygen atoms in total. The Morgan fingerprint density at radius 1 is 1.00 bits per heavy atom. The standard InChI is InChI=1S/C22H29N3O4S2.ClH/c1-30(26,27)23-13-16-25(31(28,29)20-8-3-2-4-9-20)19-12-15-24-14-11-18-7-5-6-10-21(18)22(24)17-19;/h2-10,19,22-23H,11-17H2,1H3;1H. The van der Waals surface area contributed by atoms with E-state index >= 15 is 0 Å². The van der Waals surface area contributed by atoms with Gasteiger partial charge in [-0.1, -0.05) is 42.5 Å². The minimum absolute atomic E-state index is 0. The highest BCUT2D eigenvalue weighted by molar-refractivity contribution is 7.89. The summed E-state index contributed by atoms with van der Waals surface area (Å²) in [5.74, 6) is 0. The molecule has 4 rings (SSSR count). The molecule has 2 aromatic carbocycles. The highest BCUT2D eigenvalue weighted by Gasteiger charge is 2.39. The van der Waals surface area contributed by atoms with Crippen molar-refractivity contribution in [2.75, 3.05) is 32.4 Å². The van der Waals surface area contributed by atoms with Gasteiger partial charge >= 0.3 is 0 Å². The van der Waals surface area contributed by atoms with Crippen LogP contribution in [0.1, 0.15) is 30.0 Å². The van der Waals surface area contributed by atoms with E-state index in [1.807, 2.05) is 6.07 Å². The van der Waals surface area contributed by atoms with Crippen LogP contribution in [0.25, 0.3) is 0 Å². The SMILES string of the molecule is CS(=O)(=O)NCCN(C1CCN2CCc3ccccc3C2C1)S(=O)(=O)c1ccccc1.Cl. The van der Waals surface area contributed by atoms with E-state index < -0.39 is 20.0 Å². The van der Waals surface area contributed by atoms with E-state index in [-0.39, 0.29) is 42.5 Å². The molecule has 176 valence electrons. The smallest absolute Gasteiger partial charge is 0.243 e. The first kappa shape index (κ1) is 25.1. The van der Waals surface area contributed by atoms with Gasteiger partial charge in [-0.25, -0.2) is 21.6 Å². The Labute approximate surface area is 197 Å². The Bertz CT molecular complexity index is 1130. The van der Waals surface area contributed by atoms with Gasteiger partial charge in [0.05, 0.1) is 11.2 Å². The maximum atomic E-state index is 13.5. The van der Waals surface area contributed by atoms with Crippen LogP contribution < -0.4 is 4.72 Å². The van der Waals surface area contributed by atoms with Crippen molar-refractivity contribution in [3.63, 3.8) is 0 Å². The number of sulfonamides is 2. The number of fused-ring (bicyclic) bond motifs is 3. The molecule has 32 heavy (non-hydrogen) atoms. The summed E-state index contributed by atoms with van der Waals surface area (Å²) < 4.78 is 54.1. The number of piperidine rings is 1. The molecule has 0 radical (unpaired) electrons. The highest BCUT2D eigenvalue weighted by Crippen LogP contribution is 2.39. The molecule has 2 unspecified atom stereocenters. The Hall–Kier alpha value is -1.49. The number of hydrogen-bond acceptors (Lipinski definition) is 5. The van der Waals surface area contributed by atoms with Crippen molar-refractivity contribution in [3.05, 3.63) is 65.7 Å².